The van der Waals surface area contributed by atoms with Crippen molar-refractivity contribution in [3.8, 4) is 0 Å². The topological polar surface area (TPSA) is 58.2 Å². The minimum atomic E-state index is -0.428. The Hall–Kier alpha value is -3.47. The molecule has 2 amide bonds. The second-order valence-electron chi connectivity index (χ2n) is 5.81. The first-order valence-corrected chi connectivity index (χ1v) is 8.07. The molecule has 130 valence electrons. The second kappa shape index (κ2) is 7.61. The van der Waals surface area contributed by atoms with Gasteiger partial charge < -0.3 is 10.6 Å². The van der Waals surface area contributed by atoms with Crippen LogP contribution in [-0.2, 0) is 0 Å². The molecule has 3 aromatic carbocycles. The van der Waals surface area contributed by atoms with Gasteiger partial charge >= 0.3 is 0 Å². The third kappa shape index (κ3) is 4.13. The van der Waals surface area contributed by atoms with Crippen LogP contribution in [0.4, 0.5) is 15.8 Å². The Morgan fingerprint density at radius 1 is 0.769 bits per heavy atom. The van der Waals surface area contributed by atoms with Crippen LogP contribution >= 0.6 is 0 Å². The van der Waals surface area contributed by atoms with Gasteiger partial charge in [-0.1, -0.05) is 30.3 Å². The molecule has 0 bridgehead atoms. The third-order valence-corrected chi connectivity index (χ3v) is 3.87. The number of halogens is 1. The predicted molar refractivity (Wildman–Crippen MR) is 99.9 cm³/mol. The fourth-order valence-corrected chi connectivity index (χ4v) is 2.45. The molecule has 0 radical (unpaired) electrons. The van der Waals surface area contributed by atoms with Crippen LogP contribution in [0.5, 0.6) is 0 Å². The van der Waals surface area contributed by atoms with Gasteiger partial charge in [-0.2, -0.15) is 0 Å². The maximum atomic E-state index is 13.2. The van der Waals surface area contributed by atoms with E-state index in [1.54, 1.807) is 48.5 Å². The fraction of sp³-hybridized carbons (Fsp3) is 0.0476. The lowest BCUT2D eigenvalue weighted by atomic mass is 10.1. The van der Waals surface area contributed by atoms with Crippen molar-refractivity contribution < 1.29 is 14.0 Å². The maximum absolute atomic E-state index is 13.2. The normalized spacial score (nSPS) is 10.2. The summed E-state index contributed by atoms with van der Waals surface area (Å²) in [7, 11) is 0. The number of benzene rings is 3. The summed E-state index contributed by atoms with van der Waals surface area (Å²) in [6, 6.07) is 19.5. The van der Waals surface area contributed by atoms with Gasteiger partial charge in [0.05, 0.1) is 0 Å². The molecule has 0 unspecified atom stereocenters. The van der Waals surface area contributed by atoms with E-state index in [2.05, 4.69) is 10.6 Å². The minimum absolute atomic E-state index is 0.253. The van der Waals surface area contributed by atoms with Crippen LogP contribution in [0, 0.1) is 12.7 Å². The van der Waals surface area contributed by atoms with E-state index in [4.69, 9.17) is 0 Å². The molecule has 0 saturated carbocycles. The second-order valence-corrected chi connectivity index (χ2v) is 5.81. The van der Waals surface area contributed by atoms with Crippen LogP contribution in [0.15, 0.2) is 72.8 Å². The van der Waals surface area contributed by atoms with Crippen molar-refractivity contribution in [1.82, 2.24) is 0 Å². The van der Waals surface area contributed by atoms with Gasteiger partial charge in [-0.15, -0.1) is 0 Å². The molecule has 2 N–H and O–H groups in total. The predicted octanol–water partition coefficient (Wildman–Crippen LogP) is 4.64. The lowest BCUT2D eigenvalue weighted by molar-refractivity contribution is 0.101. The summed E-state index contributed by atoms with van der Waals surface area (Å²) in [5.41, 5.74) is 2.64. The molecule has 26 heavy (non-hydrogen) atoms. The van der Waals surface area contributed by atoms with E-state index in [0.29, 0.717) is 22.5 Å². The molecular weight excluding hydrogens is 331 g/mol. The number of amides is 2. The zero-order valence-corrected chi connectivity index (χ0v) is 14.1. The molecule has 0 aliphatic heterocycles. The Morgan fingerprint density at radius 3 is 2.23 bits per heavy atom. The van der Waals surface area contributed by atoms with Crippen LogP contribution < -0.4 is 10.6 Å². The first-order chi connectivity index (χ1) is 12.5. The van der Waals surface area contributed by atoms with Crippen LogP contribution in [0.3, 0.4) is 0 Å². The fourth-order valence-electron chi connectivity index (χ4n) is 2.45. The van der Waals surface area contributed by atoms with E-state index in [9.17, 15) is 14.0 Å². The van der Waals surface area contributed by atoms with Crippen molar-refractivity contribution >= 4 is 23.2 Å². The monoisotopic (exact) mass is 348 g/mol. The van der Waals surface area contributed by atoms with E-state index in [-0.39, 0.29) is 11.8 Å². The van der Waals surface area contributed by atoms with Gasteiger partial charge in [0, 0.05) is 22.5 Å². The molecule has 0 spiro atoms. The van der Waals surface area contributed by atoms with Gasteiger partial charge in [0.1, 0.15) is 5.82 Å². The van der Waals surface area contributed by atoms with Gasteiger partial charge in [0.15, 0.2) is 0 Å². The number of aryl methyl sites for hydroxylation is 1. The van der Waals surface area contributed by atoms with Gasteiger partial charge in [0.25, 0.3) is 11.8 Å². The maximum Gasteiger partial charge on any atom is 0.255 e. The average Bonchev–Trinajstić information content (AvgIpc) is 2.64. The van der Waals surface area contributed by atoms with Crippen molar-refractivity contribution in [1.29, 1.82) is 0 Å². The van der Waals surface area contributed by atoms with E-state index >= 15 is 0 Å². The molecule has 0 atom stereocenters. The molecule has 4 nitrogen and oxygen atoms in total. The first kappa shape index (κ1) is 17.4. The quantitative estimate of drug-likeness (QED) is 0.722. The summed E-state index contributed by atoms with van der Waals surface area (Å²) in [6.45, 7) is 1.84. The van der Waals surface area contributed by atoms with Gasteiger partial charge in [-0.25, -0.2) is 4.39 Å². The highest BCUT2D eigenvalue weighted by atomic mass is 19.1. The summed E-state index contributed by atoms with van der Waals surface area (Å²) < 4.78 is 13.2. The van der Waals surface area contributed by atoms with E-state index in [1.807, 2.05) is 13.0 Å². The van der Waals surface area contributed by atoms with E-state index < -0.39 is 5.82 Å². The average molecular weight is 348 g/mol. The van der Waals surface area contributed by atoms with Gasteiger partial charge in [-0.3, -0.25) is 9.59 Å². The summed E-state index contributed by atoms with van der Waals surface area (Å²) in [5, 5.41) is 5.45. The Morgan fingerprint density at radius 2 is 1.50 bits per heavy atom. The molecule has 3 rings (SSSR count). The highest BCUT2D eigenvalue weighted by molar-refractivity contribution is 6.07. The van der Waals surface area contributed by atoms with Crippen LogP contribution in [0.25, 0.3) is 0 Å². The molecule has 0 aromatic heterocycles. The lowest BCUT2D eigenvalue weighted by Gasteiger charge is -2.11. The lowest BCUT2D eigenvalue weighted by Crippen LogP contribution is -2.15. The number of carbonyl (C=O) groups excluding carboxylic acids is 2. The smallest absolute Gasteiger partial charge is 0.255 e. The van der Waals surface area contributed by atoms with E-state index in [1.165, 1.54) is 18.2 Å². The SMILES string of the molecule is Cc1ccc(C(=O)Nc2cccc(F)c2)cc1NC(=O)c1ccccc1. The first-order valence-electron chi connectivity index (χ1n) is 8.07. The van der Waals surface area contributed by atoms with Gasteiger partial charge in [0.2, 0.25) is 0 Å². The highest BCUT2D eigenvalue weighted by Gasteiger charge is 2.12. The molecule has 0 aliphatic carbocycles. The van der Waals surface area contributed by atoms with Crippen LogP contribution in [0.2, 0.25) is 0 Å². The van der Waals surface area contributed by atoms with Crippen LogP contribution in [0.1, 0.15) is 26.3 Å². The Balaban J connectivity index is 1.79. The van der Waals surface area contributed by atoms with Crippen molar-refractivity contribution in [2.45, 2.75) is 6.92 Å². The zero-order chi connectivity index (χ0) is 18.5. The zero-order valence-electron chi connectivity index (χ0n) is 14.1. The third-order valence-electron chi connectivity index (χ3n) is 3.87. The molecule has 0 fully saturated rings. The number of rotatable bonds is 4. The summed E-state index contributed by atoms with van der Waals surface area (Å²) >= 11 is 0. The summed E-state index contributed by atoms with van der Waals surface area (Å²) in [6.07, 6.45) is 0. The standard InChI is InChI=1S/C21H17FN2O2/c1-14-10-11-16(21(26)23-18-9-5-8-17(22)13-18)12-19(14)24-20(25)15-6-3-2-4-7-15/h2-13H,1H3,(H,23,26)(H,24,25). The Labute approximate surface area is 150 Å². The molecule has 0 aliphatic rings. The molecule has 0 heterocycles. The molecule has 0 saturated heterocycles. The van der Waals surface area contributed by atoms with Crippen molar-refractivity contribution in [2.24, 2.45) is 0 Å². The minimum Gasteiger partial charge on any atom is -0.322 e. The number of carbonyl (C=O) groups is 2. The number of hydrogen-bond donors (Lipinski definition) is 2. The highest BCUT2D eigenvalue weighted by Crippen LogP contribution is 2.19. The Kier molecular flexibility index (Phi) is 5.08. The number of nitrogens with one attached hydrogen (secondary N) is 2. The summed E-state index contributed by atoms with van der Waals surface area (Å²) in [4.78, 5) is 24.7. The summed E-state index contributed by atoms with van der Waals surface area (Å²) in [5.74, 6) is -1.07. The molecule has 3 aromatic rings. The van der Waals surface area contributed by atoms with Gasteiger partial charge in [-0.05, 0) is 55.0 Å². The Bertz CT molecular complexity index is 955. The van der Waals surface area contributed by atoms with E-state index in [0.717, 1.165) is 5.56 Å². The van der Waals surface area contributed by atoms with Crippen LogP contribution in [-0.4, -0.2) is 11.8 Å². The molecule has 5 heteroatoms. The number of anilines is 2. The van der Waals surface area contributed by atoms with Crippen molar-refractivity contribution in [3.63, 3.8) is 0 Å². The largest absolute Gasteiger partial charge is 0.322 e. The van der Waals surface area contributed by atoms with Crippen molar-refractivity contribution in [2.75, 3.05) is 10.6 Å². The molecular formula is C21H17FN2O2. The van der Waals surface area contributed by atoms with Crippen molar-refractivity contribution in [3.05, 3.63) is 95.3 Å². The number of hydrogen-bond acceptors (Lipinski definition) is 2.